The highest BCUT2D eigenvalue weighted by atomic mass is 35.5. The van der Waals surface area contributed by atoms with Crippen LogP contribution in [0.1, 0.15) is 29.8 Å². The van der Waals surface area contributed by atoms with Gasteiger partial charge in [0.05, 0.1) is 17.8 Å². The highest BCUT2D eigenvalue weighted by molar-refractivity contribution is 7.80. The van der Waals surface area contributed by atoms with Gasteiger partial charge in [-0.2, -0.15) is 10.2 Å². The van der Waals surface area contributed by atoms with Crippen molar-refractivity contribution < 1.29 is 13.9 Å². The molecule has 0 aromatic heterocycles. The third-order valence-electron chi connectivity index (χ3n) is 4.71. The summed E-state index contributed by atoms with van der Waals surface area (Å²) in [6.07, 6.45) is 1.19. The Morgan fingerprint density at radius 3 is 2.70 bits per heavy atom. The van der Waals surface area contributed by atoms with Crippen molar-refractivity contribution in [2.75, 3.05) is 6.61 Å². The van der Waals surface area contributed by atoms with Gasteiger partial charge in [-0.15, -0.1) is 5.11 Å². The maximum absolute atomic E-state index is 13.5. The van der Waals surface area contributed by atoms with Crippen molar-refractivity contribution in [2.45, 2.75) is 19.7 Å². The maximum atomic E-state index is 13.5. The van der Waals surface area contributed by atoms with E-state index in [4.69, 9.17) is 33.3 Å². The summed E-state index contributed by atoms with van der Waals surface area (Å²) in [7, 11) is 0. The molecular weight excluding hydrogens is 463 g/mol. The summed E-state index contributed by atoms with van der Waals surface area (Å²) in [5.41, 5.74) is 2.29. The summed E-state index contributed by atoms with van der Waals surface area (Å²) in [5, 5.41) is 14.9. The standard InChI is InChI=1S/C24H20ClFN4O2S/c1-2-31-21-13-17(12-20(25)22(21)32-15-16-7-6-10-19(26)11-16)14-27-30-23(28-29-24(30)33)18-8-4-3-5-9-18/h3-14,23H,2,15H2,1H3. The van der Waals surface area contributed by atoms with Crippen molar-refractivity contribution in [1.29, 1.82) is 0 Å². The van der Waals surface area contributed by atoms with Crippen molar-refractivity contribution in [3.8, 4) is 11.5 Å². The second-order valence-corrected chi connectivity index (χ2v) is 7.83. The molecule has 168 valence electrons. The first kappa shape index (κ1) is 22.8. The minimum Gasteiger partial charge on any atom is -0.490 e. The zero-order chi connectivity index (χ0) is 23.2. The summed E-state index contributed by atoms with van der Waals surface area (Å²) in [4.78, 5) is 0. The van der Waals surface area contributed by atoms with Crippen LogP contribution in [-0.2, 0) is 6.61 Å². The highest BCUT2D eigenvalue weighted by Crippen LogP contribution is 2.37. The predicted molar refractivity (Wildman–Crippen MR) is 129 cm³/mol. The van der Waals surface area contributed by atoms with Gasteiger partial charge in [0.1, 0.15) is 12.4 Å². The van der Waals surface area contributed by atoms with Crippen molar-refractivity contribution in [2.24, 2.45) is 15.3 Å². The van der Waals surface area contributed by atoms with Gasteiger partial charge in [0, 0.05) is 5.56 Å². The van der Waals surface area contributed by atoms with E-state index in [-0.39, 0.29) is 17.5 Å². The lowest BCUT2D eigenvalue weighted by Crippen LogP contribution is -2.21. The largest absolute Gasteiger partial charge is 0.490 e. The number of halogens is 2. The molecule has 33 heavy (non-hydrogen) atoms. The SMILES string of the molecule is CCOc1cc(C=NN2C(=S)N=NC2c2ccccc2)cc(Cl)c1OCc1cccc(F)c1. The molecule has 1 aliphatic rings. The Bertz CT molecular complexity index is 1210. The maximum Gasteiger partial charge on any atom is 0.238 e. The van der Waals surface area contributed by atoms with Crippen LogP contribution in [0.4, 0.5) is 4.39 Å². The molecule has 0 N–H and O–H groups in total. The van der Waals surface area contributed by atoms with Crippen LogP contribution >= 0.6 is 23.8 Å². The smallest absolute Gasteiger partial charge is 0.238 e. The molecule has 0 spiro atoms. The van der Waals surface area contributed by atoms with E-state index in [1.807, 2.05) is 37.3 Å². The highest BCUT2D eigenvalue weighted by Gasteiger charge is 2.27. The molecule has 6 nitrogen and oxygen atoms in total. The molecule has 0 aliphatic carbocycles. The predicted octanol–water partition coefficient (Wildman–Crippen LogP) is 6.54. The Morgan fingerprint density at radius 2 is 1.94 bits per heavy atom. The van der Waals surface area contributed by atoms with Crippen LogP contribution in [0, 0.1) is 5.82 Å². The van der Waals surface area contributed by atoms with Gasteiger partial charge in [0.25, 0.3) is 0 Å². The van der Waals surface area contributed by atoms with E-state index in [1.54, 1.807) is 35.5 Å². The minimum absolute atomic E-state index is 0.148. The van der Waals surface area contributed by atoms with Gasteiger partial charge < -0.3 is 9.47 Å². The number of hydrogen-bond donors (Lipinski definition) is 0. The van der Waals surface area contributed by atoms with Crippen molar-refractivity contribution in [3.05, 3.63) is 94.3 Å². The molecule has 3 aromatic carbocycles. The van der Waals surface area contributed by atoms with Crippen LogP contribution < -0.4 is 9.47 Å². The Morgan fingerprint density at radius 1 is 1.12 bits per heavy atom. The Balaban J connectivity index is 1.55. The van der Waals surface area contributed by atoms with E-state index >= 15 is 0 Å². The number of benzene rings is 3. The Labute approximate surface area is 201 Å². The lowest BCUT2D eigenvalue weighted by molar-refractivity contribution is 0.269. The van der Waals surface area contributed by atoms with Gasteiger partial charge in [-0.3, -0.25) is 0 Å². The summed E-state index contributed by atoms with van der Waals surface area (Å²) in [5.74, 6) is 0.510. The number of ether oxygens (including phenoxy) is 2. The number of azo groups is 1. The van der Waals surface area contributed by atoms with E-state index in [2.05, 4.69) is 15.3 Å². The van der Waals surface area contributed by atoms with E-state index in [1.165, 1.54) is 12.1 Å². The van der Waals surface area contributed by atoms with Crippen LogP contribution in [0.2, 0.25) is 5.02 Å². The van der Waals surface area contributed by atoms with Crippen molar-refractivity contribution in [3.63, 3.8) is 0 Å². The van der Waals surface area contributed by atoms with E-state index in [0.717, 1.165) is 5.56 Å². The van der Waals surface area contributed by atoms with E-state index in [0.29, 0.717) is 34.3 Å². The first-order chi connectivity index (χ1) is 16.0. The Kier molecular flexibility index (Phi) is 7.26. The molecule has 4 rings (SSSR count). The van der Waals surface area contributed by atoms with Crippen LogP contribution in [0.15, 0.2) is 82.1 Å². The monoisotopic (exact) mass is 482 g/mol. The molecule has 0 fully saturated rings. The molecule has 1 unspecified atom stereocenters. The molecule has 1 aliphatic heterocycles. The molecule has 3 aromatic rings. The molecule has 0 radical (unpaired) electrons. The van der Waals surface area contributed by atoms with Gasteiger partial charge in [-0.05, 0) is 54.5 Å². The average molecular weight is 483 g/mol. The number of hydrogen-bond acceptors (Lipinski definition) is 5. The molecule has 0 amide bonds. The van der Waals surface area contributed by atoms with Crippen LogP contribution in [-0.4, -0.2) is 22.9 Å². The van der Waals surface area contributed by atoms with Gasteiger partial charge >= 0.3 is 0 Å². The summed E-state index contributed by atoms with van der Waals surface area (Å²) >= 11 is 11.8. The number of rotatable bonds is 8. The lowest BCUT2D eigenvalue weighted by Gasteiger charge is -2.18. The first-order valence-electron chi connectivity index (χ1n) is 10.2. The molecule has 9 heteroatoms. The third kappa shape index (κ3) is 5.53. The molecular formula is C24H20ClFN4O2S. The summed E-state index contributed by atoms with van der Waals surface area (Å²) in [6.45, 7) is 2.42. The second kappa shape index (κ2) is 10.5. The molecule has 0 bridgehead atoms. The summed E-state index contributed by atoms with van der Waals surface area (Å²) in [6, 6.07) is 19.3. The lowest BCUT2D eigenvalue weighted by atomic mass is 10.2. The fourth-order valence-corrected chi connectivity index (χ4v) is 3.69. The van der Waals surface area contributed by atoms with E-state index in [9.17, 15) is 4.39 Å². The van der Waals surface area contributed by atoms with Crippen molar-refractivity contribution in [1.82, 2.24) is 5.01 Å². The minimum atomic E-state index is -0.425. The number of thiocarbonyl (C=S) groups is 1. The number of hydrazone groups is 1. The van der Waals surface area contributed by atoms with Crippen LogP contribution in [0.25, 0.3) is 0 Å². The average Bonchev–Trinajstić information content (AvgIpc) is 3.18. The van der Waals surface area contributed by atoms with Gasteiger partial charge in [0.2, 0.25) is 5.11 Å². The first-order valence-corrected chi connectivity index (χ1v) is 11.0. The van der Waals surface area contributed by atoms with Gasteiger partial charge in [-0.1, -0.05) is 54.1 Å². The molecule has 0 saturated carbocycles. The molecule has 1 atom stereocenters. The number of nitrogens with zero attached hydrogens (tertiary/aromatic N) is 4. The fourth-order valence-electron chi connectivity index (χ4n) is 3.23. The molecule has 0 saturated heterocycles. The van der Waals surface area contributed by atoms with Crippen LogP contribution in [0.3, 0.4) is 0 Å². The van der Waals surface area contributed by atoms with E-state index < -0.39 is 6.17 Å². The third-order valence-corrected chi connectivity index (χ3v) is 5.26. The van der Waals surface area contributed by atoms with Gasteiger partial charge in [-0.25, -0.2) is 9.40 Å². The molecule has 1 heterocycles. The Hall–Kier alpha value is -3.36. The fraction of sp³-hybridized carbons (Fsp3) is 0.167. The summed E-state index contributed by atoms with van der Waals surface area (Å²) < 4.78 is 25.0. The van der Waals surface area contributed by atoms with Crippen molar-refractivity contribution >= 4 is 35.1 Å². The quantitative estimate of drug-likeness (QED) is 0.270. The zero-order valence-electron chi connectivity index (χ0n) is 17.7. The van der Waals surface area contributed by atoms with Gasteiger partial charge in [0.15, 0.2) is 17.7 Å². The topological polar surface area (TPSA) is 58.8 Å². The normalized spacial score (nSPS) is 15.4. The zero-order valence-corrected chi connectivity index (χ0v) is 19.3. The van der Waals surface area contributed by atoms with Crippen LogP contribution in [0.5, 0.6) is 11.5 Å². The second-order valence-electron chi connectivity index (χ2n) is 7.05.